The molecule has 0 saturated heterocycles. The van der Waals surface area contributed by atoms with Crippen molar-refractivity contribution >= 4 is 26.8 Å². The van der Waals surface area contributed by atoms with Crippen molar-refractivity contribution in [2.75, 3.05) is 25.9 Å². The Balaban J connectivity index is 1.86. The van der Waals surface area contributed by atoms with E-state index in [0.29, 0.717) is 19.5 Å². The first kappa shape index (κ1) is 18.5. The Morgan fingerprint density at radius 1 is 1.29 bits per heavy atom. The lowest BCUT2D eigenvalue weighted by molar-refractivity contribution is -0.121. The summed E-state index contributed by atoms with van der Waals surface area (Å²) in [6.07, 6.45) is 5.41. The van der Waals surface area contributed by atoms with Gasteiger partial charge in [-0.15, -0.1) is 0 Å². The van der Waals surface area contributed by atoms with Crippen molar-refractivity contribution in [3.05, 3.63) is 36.0 Å². The molecule has 7 heteroatoms. The highest BCUT2D eigenvalue weighted by Crippen LogP contribution is 2.17. The van der Waals surface area contributed by atoms with E-state index in [1.165, 1.54) is 4.31 Å². The van der Waals surface area contributed by atoms with E-state index in [9.17, 15) is 13.2 Å². The van der Waals surface area contributed by atoms with Crippen LogP contribution < -0.4 is 5.32 Å². The van der Waals surface area contributed by atoms with Crippen LogP contribution in [0.2, 0.25) is 0 Å². The summed E-state index contributed by atoms with van der Waals surface area (Å²) in [6, 6.07) is 8.00. The predicted molar refractivity (Wildman–Crippen MR) is 96.3 cm³/mol. The van der Waals surface area contributed by atoms with E-state index in [0.717, 1.165) is 35.6 Å². The molecule has 1 heterocycles. The monoisotopic (exact) mass is 351 g/mol. The molecule has 0 radical (unpaired) electrons. The fourth-order valence-electron chi connectivity index (χ4n) is 2.59. The van der Waals surface area contributed by atoms with Crippen molar-refractivity contribution < 1.29 is 13.2 Å². The molecule has 1 aromatic heterocycles. The number of unbranched alkanes of at least 4 members (excludes halogenated alkanes) is 1. The first-order chi connectivity index (χ1) is 11.4. The zero-order chi connectivity index (χ0) is 17.6. The molecule has 6 nitrogen and oxygen atoms in total. The number of H-pyrrole nitrogens is 1. The maximum atomic E-state index is 12.0. The molecule has 0 spiro atoms. The molecule has 1 amide bonds. The van der Waals surface area contributed by atoms with Gasteiger partial charge in [-0.05, 0) is 24.5 Å². The highest BCUT2D eigenvalue weighted by Gasteiger charge is 2.19. The summed E-state index contributed by atoms with van der Waals surface area (Å²) >= 11 is 0. The Bertz CT molecular complexity index is 783. The predicted octanol–water partition coefficient (Wildman–Crippen LogP) is 1.89. The lowest BCUT2D eigenvalue weighted by atomic mass is 10.1. The van der Waals surface area contributed by atoms with E-state index in [1.54, 1.807) is 0 Å². The van der Waals surface area contributed by atoms with E-state index in [1.807, 2.05) is 37.4 Å². The van der Waals surface area contributed by atoms with Crippen LogP contribution in [0.25, 0.3) is 10.9 Å². The van der Waals surface area contributed by atoms with Crippen molar-refractivity contribution in [2.24, 2.45) is 0 Å². The number of amides is 1. The van der Waals surface area contributed by atoms with E-state index in [4.69, 9.17) is 0 Å². The van der Waals surface area contributed by atoms with Crippen LogP contribution in [0.3, 0.4) is 0 Å². The second kappa shape index (κ2) is 8.30. The number of hydrogen-bond donors (Lipinski definition) is 2. The minimum absolute atomic E-state index is 0.118. The van der Waals surface area contributed by atoms with E-state index >= 15 is 0 Å². The third-order valence-electron chi connectivity index (χ3n) is 3.94. The highest BCUT2D eigenvalue weighted by atomic mass is 32.2. The van der Waals surface area contributed by atoms with Crippen LogP contribution >= 0.6 is 0 Å². The van der Waals surface area contributed by atoms with Gasteiger partial charge in [-0.25, -0.2) is 8.42 Å². The van der Waals surface area contributed by atoms with Gasteiger partial charge in [-0.2, -0.15) is 4.31 Å². The van der Waals surface area contributed by atoms with Gasteiger partial charge in [0, 0.05) is 30.2 Å². The number of aromatic nitrogens is 1. The Hall–Kier alpha value is -1.86. The smallest absolute Gasteiger partial charge is 0.235 e. The van der Waals surface area contributed by atoms with E-state index in [-0.39, 0.29) is 12.5 Å². The van der Waals surface area contributed by atoms with Crippen LogP contribution in [0.5, 0.6) is 0 Å². The number of sulfonamides is 1. The van der Waals surface area contributed by atoms with Crippen LogP contribution in [-0.2, 0) is 21.2 Å². The molecule has 2 rings (SSSR count). The topological polar surface area (TPSA) is 82.3 Å². The molecule has 2 aromatic rings. The Morgan fingerprint density at radius 3 is 2.75 bits per heavy atom. The Morgan fingerprint density at radius 2 is 2.04 bits per heavy atom. The number of nitrogens with zero attached hydrogens (tertiary/aromatic N) is 1. The summed E-state index contributed by atoms with van der Waals surface area (Å²) in [5, 5.41) is 3.95. The van der Waals surface area contributed by atoms with E-state index in [2.05, 4.69) is 10.3 Å². The average molecular weight is 351 g/mol. The molecule has 0 saturated carbocycles. The molecular formula is C17H25N3O3S. The second-order valence-electron chi connectivity index (χ2n) is 5.91. The van der Waals surface area contributed by atoms with Gasteiger partial charge in [0.1, 0.15) is 0 Å². The summed E-state index contributed by atoms with van der Waals surface area (Å²) < 4.78 is 24.7. The van der Waals surface area contributed by atoms with Crippen LogP contribution in [0.4, 0.5) is 0 Å². The second-order valence-corrected chi connectivity index (χ2v) is 7.89. The lowest BCUT2D eigenvalue weighted by Gasteiger charge is -2.19. The van der Waals surface area contributed by atoms with E-state index < -0.39 is 10.0 Å². The van der Waals surface area contributed by atoms with Crippen molar-refractivity contribution in [1.82, 2.24) is 14.6 Å². The van der Waals surface area contributed by atoms with Gasteiger partial charge >= 0.3 is 0 Å². The van der Waals surface area contributed by atoms with Gasteiger partial charge in [0.2, 0.25) is 15.9 Å². The molecule has 0 atom stereocenters. The minimum Gasteiger partial charge on any atom is -0.361 e. The first-order valence-corrected chi connectivity index (χ1v) is 10.0. The number of fused-ring (bicyclic) bond motifs is 1. The molecule has 0 aliphatic heterocycles. The third-order valence-corrected chi connectivity index (χ3v) is 5.19. The summed E-state index contributed by atoms with van der Waals surface area (Å²) in [4.78, 5) is 15.2. The number of rotatable bonds is 9. The van der Waals surface area contributed by atoms with Crippen LogP contribution in [0.1, 0.15) is 25.3 Å². The third kappa shape index (κ3) is 5.07. The lowest BCUT2D eigenvalue weighted by Crippen LogP contribution is -2.41. The molecule has 0 aliphatic rings. The minimum atomic E-state index is -3.36. The summed E-state index contributed by atoms with van der Waals surface area (Å²) in [6.45, 7) is 2.73. The fraction of sp³-hybridized carbons (Fsp3) is 0.471. The average Bonchev–Trinajstić information content (AvgIpc) is 2.94. The maximum Gasteiger partial charge on any atom is 0.235 e. The first-order valence-electron chi connectivity index (χ1n) is 8.18. The number of hydrogen-bond acceptors (Lipinski definition) is 3. The standard InChI is InChI=1S/C17H25N3O3S/c1-3-4-11-20(24(2,22)23)13-17(21)18-10-9-14-12-19-16-8-6-5-7-15(14)16/h5-8,12,19H,3-4,9-11,13H2,1-2H3,(H,18,21). The van der Waals surface area contributed by atoms with Gasteiger partial charge in [-0.1, -0.05) is 31.5 Å². The van der Waals surface area contributed by atoms with Crippen molar-refractivity contribution in [1.29, 1.82) is 0 Å². The molecule has 0 aliphatic carbocycles. The maximum absolute atomic E-state index is 12.0. The van der Waals surface area contributed by atoms with Crippen LogP contribution in [0, 0.1) is 0 Å². The molecule has 1 aromatic carbocycles. The molecule has 0 unspecified atom stereocenters. The number of carbonyl (C=O) groups is 1. The van der Waals surface area contributed by atoms with Crippen LogP contribution in [-0.4, -0.2) is 49.5 Å². The van der Waals surface area contributed by atoms with Crippen LogP contribution in [0.15, 0.2) is 30.5 Å². The summed E-state index contributed by atoms with van der Waals surface area (Å²) in [5.74, 6) is -0.267. The number of nitrogens with one attached hydrogen (secondary N) is 2. The molecule has 2 N–H and O–H groups in total. The molecule has 0 fully saturated rings. The highest BCUT2D eigenvalue weighted by molar-refractivity contribution is 7.88. The van der Waals surface area contributed by atoms with Crippen molar-refractivity contribution in [3.8, 4) is 0 Å². The molecule has 132 valence electrons. The SMILES string of the molecule is CCCCN(CC(=O)NCCc1c[nH]c2ccccc12)S(C)(=O)=O. The number of carbonyl (C=O) groups excluding carboxylic acids is 1. The normalized spacial score (nSPS) is 12.0. The summed E-state index contributed by atoms with van der Waals surface area (Å²) in [7, 11) is -3.36. The van der Waals surface area contributed by atoms with Gasteiger partial charge in [-0.3, -0.25) is 4.79 Å². The number of aromatic amines is 1. The number of para-hydroxylation sites is 1. The zero-order valence-electron chi connectivity index (χ0n) is 14.2. The fourth-order valence-corrected chi connectivity index (χ4v) is 3.40. The van der Waals surface area contributed by atoms with Crippen molar-refractivity contribution in [3.63, 3.8) is 0 Å². The van der Waals surface area contributed by atoms with Gasteiger partial charge in [0.25, 0.3) is 0 Å². The van der Waals surface area contributed by atoms with Gasteiger partial charge < -0.3 is 10.3 Å². The quantitative estimate of drug-likeness (QED) is 0.724. The summed E-state index contributed by atoms with van der Waals surface area (Å²) in [5.41, 5.74) is 2.21. The molecule has 24 heavy (non-hydrogen) atoms. The van der Waals surface area contributed by atoms with Gasteiger partial charge in [0.15, 0.2) is 0 Å². The molecular weight excluding hydrogens is 326 g/mol. The number of benzene rings is 1. The Labute approximate surface area is 143 Å². The molecule has 0 bridgehead atoms. The zero-order valence-corrected chi connectivity index (χ0v) is 15.0. The Kier molecular flexibility index (Phi) is 6.39. The van der Waals surface area contributed by atoms with Gasteiger partial charge in [0.05, 0.1) is 12.8 Å². The largest absolute Gasteiger partial charge is 0.361 e. The van der Waals surface area contributed by atoms with Crippen molar-refractivity contribution in [2.45, 2.75) is 26.2 Å².